The molecule has 3 aromatic rings. The maximum absolute atomic E-state index is 12.6. The van der Waals surface area contributed by atoms with Gasteiger partial charge in [-0.1, -0.05) is 5.21 Å². The molecule has 13 nitrogen and oxygen atoms in total. The van der Waals surface area contributed by atoms with Crippen molar-refractivity contribution in [3.63, 3.8) is 0 Å². The Bertz CT molecular complexity index is 1090. The first-order chi connectivity index (χ1) is 14.3. The number of aromatic nitrogens is 5. The fraction of sp³-hybridized carbons (Fsp3) is 0.250. The highest BCUT2D eigenvalue weighted by molar-refractivity contribution is 9.10. The fourth-order valence-corrected chi connectivity index (χ4v) is 2.98. The van der Waals surface area contributed by atoms with Crippen molar-refractivity contribution in [2.24, 2.45) is 5.10 Å². The number of methoxy groups -OCH3 is 1. The zero-order chi connectivity index (χ0) is 21.8. The van der Waals surface area contributed by atoms with Gasteiger partial charge in [-0.05, 0) is 43.9 Å². The highest BCUT2D eigenvalue weighted by atomic mass is 79.9. The lowest BCUT2D eigenvalue weighted by Gasteiger charge is -2.09. The molecule has 0 radical (unpaired) electrons. The lowest BCUT2D eigenvalue weighted by atomic mass is 10.2. The van der Waals surface area contributed by atoms with Gasteiger partial charge in [-0.25, -0.2) is 10.1 Å². The summed E-state index contributed by atoms with van der Waals surface area (Å²) in [4.78, 5) is 13.6. The van der Waals surface area contributed by atoms with Crippen LogP contribution in [0.15, 0.2) is 26.3 Å². The molecule has 0 aliphatic heterocycles. The van der Waals surface area contributed by atoms with E-state index in [2.05, 4.69) is 51.7 Å². The van der Waals surface area contributed by atoms with E-state index in [9.17, 15) is 9.90 Å². The van der Waals surface area contributed by atoms with Crippen LogP contribution >= 0.6 is 15.9 Å². The number of hydrogen-bond donors (Lipinski definition) is 4. The molecule has 0 aliphatic carbocycles. The van der Waals surface area contributed by atoms with Crippen LogP contribution in [0.1, 0.15) is 21.7 Å². The third-order valence-electron chi connectivity index (χ3n) is 3.85. The van der Waals surface area contributed by atoms with E-state index < -0.39 is 5.91 Å². The summed E-state index contributed by atoms with van der Waals surface area (Å²) in [5, 5.41) is 28.9. The van der Waals surface area contributed by atoms with E-state index in [0.29, 0.717) is 22.3 Å². The van der Waals surface area contributed by atoms with Crippen molar-refractivity contribution in [1.82, 2.24) is 30.7 Å². The minimum atomic E-state index is -0.575. The monoisotopic (exact) mass is 480 g/mol. The van der Waals surface area contributed by atoms with Gasteiger partial charge in [0, 0.05) is 0 Å². The summed E-state index contributed by atoms with van der Waals surface area (Å²) in [6, 6.07) is 3.18. The number of phenols is 1. The van der Waals surface area contributed by atoms with Crippen LogP contribution in [0.25, 0.3) is 5.82 Å². The summed E-state index contributed by atoms with van der Waals surface area (Å²) < 4.78 is 11.4. The molecule has 1 amide bonds. The zero-order valence-corrected chi connectivity index (χ0v) is 17.8. The first-order valence-electron chi connectivity index (χ1n) is 8.53. The Morgan fingerprint density at radius 2 is 2.23 bits per heavy atom. The van der Waals surface area contributed by atoms with Crippen molar-refractivity contribution in [3.8, 4) is 17.3 Å². The van der Waals surface area contributed by atoms with Crippen molar-refractivity contribution < 1.29 is 24.2 Å². The zero-order valence-electron chi connectivity index (χ0n) is 16.2. The summed E-state index contributed by atoms with van der Waals surface area (Å²) in [5.74, 6) is -0.189. The minimum absolute atomic E-state index is 0.0201. The molecule has 0 aliphatic rings. The lowest BCUT2D eigenvalue weighted by Crippen LogP contribution is -3.04. The molecule has 0 spiro atoms. The Morgan fingerprint density at radius 3 is 2.87 bits per heavy atom. The van der Waals surface area contributed by atoms with E-state index in [1.165, 1.54) is 18.0 Å². The number of aromatic hydroxyl groups is 1. The molecule has 0 bridgehead atoms. The number of nitrogens with zero attached hydrogens (tertiary/aromatic N) is 6. The SMILES string of the molecule is COc1cc(/C=N/NC(=O)c2nnn(-c3nonc3N)c2C[NH+](C)C)cc(Br)c1O. The van der Waals surface area contributed by atoms with Crippen molar-refractivity contribution in [3.05, 3.63) is 33.6 Å². The molecule has 30 heavy (non-hydrogen) atoms. The van der Waals surface area contributed by atoms with Gasteiger partial charge in [-0.15, -0.1) is 5.10 Å². The van der Waals surface area contributed by atoms with E-state index in [1.807, 2.05) is 14.1 Å². The smallest absolute Gasteiger partial charge is 0.294 e. The highest BCUT2D eigenvalue weighted by Gasteiger charge is 2.25. The number of hydrogen-bond acceptors (Lipinski definition) is 10. The Hall–Kier alpha value is -3.52. The number of quaternary nitrogens is 1. The lowest BCUT2D eigenvalue weighted by molar-refractivity contribution is -0.873. The molecule has 0 saturated heterocycles. The minimum Gasteiger partial charge on any atom is -0.503 e. The van der Waals surface area contributed by atoms with Gasteiger partial charge >= 0.3 is 0 Å². The predicted molar refractivity (Wildman–Crippen MR) is 108 cm³/mol. The van der Waals surface area contributed by atoms with Crippen LogP contribution in [-0.4, -0.2) is 63.7 Å². The van der Waals surface area contributed by atoms with Gasteiger partial charge in [0.2, 0.25) is 11.6 Å². The van der Waals surface area contributed by atoms with Crippen LogP contribution in [-0.2, 0) is 6.54 Å². The van der Waals surface area contributed by atoms with Crippen molar-refractivity contribution >= 4 is 33.9 Å². The quantitative estimate of drug-likeness (QED) is 0.247. The number of benzene rings is 1. The first-order valence-corrected chi connectivity index (χ1v) is 9.33. The Labute approximate surface area is 178 Å². The number of hydrazone groups is 1. The number of anilines is 1. The van der Waals surface area contributed by atoms with Gasteiger partial charge in [0.05, 0.1) is 31.9 Å². The first kappa shape index (κ1) is 21.2. The molecule has 1 aromatic carbocycles. The largest absolute Gasteiger partial charge is 0.503 e. The molecule has 0 fully saturated rings. The maximum Gasteiger partial charge on any atom is 0.294 e. The maximum atomic E-state index is 12.6. The number of halogens is 1. The Morgan fingerprint density at radius 1 is 1.47 bits per heavy atom. The molecule has 2 aromatic heterocycles. The van der Waals surface area contributed by atoms with E-state index in [0.717, 1.165) is 4.90 Å². The van der Waals surface area contributed by atoms with Crippen molar-refractivity contribution in [2.75, 3.05) is 26.9 Å². The molecule has 2 heterocycles. The molecule has 3 rings (SSSR count). The molecule has 0 saturated carbocycles. The number of amides is 1. The van der Waals surface area contributed by atoms with Crippen LogP contribution in [0, 0.1) is 0 Å². The molecule has 14 heteroatoms. The number of ether oxygens (including phenoxy) is 1. The molecular formula is C16H19BrN9O4+. The summed E-state index contributed by atoms with van der Waals surface area (Å²) in [7, 11) is 5.23. The average molecular weight is 481 g/mol. The van der Waals surface area contributed by atoms with Crippen molar-refractivity contribution in [1.29, 1.82) is 0 Å². The van der Waals surface area contributed by atoms with E-state index in [-0.39, 0.29) is 28.8 Å². The summed E-state index contributed by atoms with van der Waals surface area (Å²) in [6.45, 7) is 0.397. The number of nitrogen functional groups attached to an aromatic ring is 1. The van der Waals surface area contributed by atoms with Gasteiger partial charge in [0.15, 0.2) is 17.2 Å². The van der Waals surface area contributed by atoms with Crippen LogP contribution in [0.2, 0.25) is 0 Å². The summed E-state index contributed by atoms with van der Waals surface area (Å²) >= 11 is 3.22. The van der Waals surface area contributed by atoms with Gasteiger partial charge in [0.1, 0.15) is 12.2 Å². The van der Waals surface area contributed by atoms with Gasteiger partial charge in [-0.2, -0.15) is 9.78 Å². The van der Waals surface area contributed by atoms with Crippen molar-refractivity contribution in [2.45, 2.75) is 6.54 Å². The van der Waals surface area contributed by atoms with Gasteiger partial charge in [-0.3, -0.25) is 4.79 Å². The highest BCUT2D eigenvalue weighted by Crippen LogP contribution is 2.34. The topological polar surface area (TPSA) is 171 Å². The van der Waals surface area contributed by atoms with Crippen LogP contribution in [0.3, 0.4) is 0 Å². The second kappa shape index (κ2) is 8.87. The molecular weight excluding hydrogens is 462 g/mol. The fourth-order valence-electron chi connectivity index (χ4n) is 2.52. The Balaban J connectivity index is 1.84. The van der Waals surface area contributed by atoms with E-state index in [1.54, 1.807) is 12.1 Å². The predicted octanol–water partition coefficient (Wildman–Crippen LogP) is -0.882. The number of carbonyl (C=O) groups excluding carboxylic acids is 1. The third-order valence-corrected chi connectivity index (χ3v) is 4.45. The number of carbonyl (C=O) groups is 1. The third kappa shape index (κ3) is 4.38. The summed E-state index contributed by atoms with van der Waals surface area (Å²) in [6.07, 6.45) is 1.39. The van der Waals surface area contributed by atoms with Crippen LogP contribution in [0.4, 0.5) is 5.82 Å². The second-order valence-electron chi connectivity index (χ2n) is 6.41. The molecule has 0 atom stereocenters. The second-order valence-corrected chi connectivity index (χ2v) is 7.26. The van der Waals surface area contributed by atoms with E-state index >= 15 is 0 Å². The molecule has 5 N–H and O–H groups in total. The average Bonchev–Trinajstić information content (AvgIpc) is 3.29. The summed E-state index contributed by atoms with van der Waals surface area (Å²) in [5.41, 5.74) is 9.23. The normalized spacial score (nSPS) is 11.4. The number of rotatable bonds is 7. The van der Waals surface area contributed by atoms with Gasteiger partial charge < -0.3 is 20.5 Å². The Kier molecular flexibility index (Phi) is 6.27. The molecule has 0 unspecified atom stereocenters. The number of phenolic OH excluding ortho intramolecular Hbond substituents is 1. The standard InChI is InChI=1S/C16H18BrN9O4/c1-25(2)7-10-12(20-24-26(10)15-14(18)22-30-23-15)16(28)21-19-6-8-4-9(17)13(27)11(5-8)29-3/h4-6,27H,7H2,1-3H3,(H2,18,22)(H,21,28)/p+1/b19-6+. The van der Waals surface area contributed by atoms with E-state index in [4.69, 9.17) is 10.5 Å². The van der Waals surface area contributed by atoms with Crippen LogP contribution < -0.4 is 20.8 Å². The molecule has 158 valence electrons. The van der Waals surface area contributed by atoms with Gasteiger partial charge in [0.25, 0.3) is 5.91 Å². The number of nitrogens with two attached hydrogens (primary N) is 1. The number of nitrogens with one attached hydrogen (secondary N) is 2. The van der Waals surface area contributed by atoms with Crippen LogP contribution in [0.5, 0.6) is 11.5 Å².